The van der Waals surface area contributed by atoms with Crippen LogP contribution in [0.15, 0.2) is 6.07 Å². The van der Waals surface area contributed by atoms with Gasteiger partial charge < -0.3 is 10.0 Å². The van der Waals surface area contributed by atoms with Crippen LogP contribution in [0.3, 0.4) is 0 Å². The first-order valence-electron chi connectivity index (χ1n) is 6.63. The molecule has 100 valence electrons. The summed E-state index contributed by atoms with van der Waals surface area (Å²) in [6.07, 6.45) is 2.47. The van der Waals surface area contributed by atoms with Crippen LogP contribution in [-0.4, -0.2) is 45.3 Å². The van der Waals surface area contributed by atoms with E-state index in [-0.39, 0.29) is 17.9 Å². The lowest BCUT2D eigenvalue weighted by molar-refractivity contribution is 0.0757. The first-order valence-corrected chi connectivity index (χ1v) is 6.63. The molecule has 1 aliphatic heterocycles. The number of aromatic nitrogens is 2. The highest BCUT2D eigenvalue weighted by molar-refractivity contribution is 5.92. The van der Waals surface area contributed by atoms with Gasteiger partial charge in [0.15, 0.2) is 0 Å². The molecule has 5 heteroatoms. The molecule has 1 saturated heterocycles. The standard InChI is InChI=1S/C13H21N3O2/c1-3-4-11-7-12(15-14-11)13(18)16-6-5-10(8-16)9(2)17/h7,9-10,17H,3-6,8H2,1-2H3,(H,14,15). The van der Waals surface area contributed by atoms with Crippen LogP contribution < -0.4 is 0 Å². The zero-order valence-corrected chi connectivity index (χ0v) is 11.0. The van der Waals surface area contributed by atoms with Gasteiger partial charge in [-0.3, -0.25) is 9.89 Å². The summed E-state index contributed by atoms with van der Waals surface area (Å²) in [5.74, 6) is 0.166. The van der Waals surface area contributed by atoms with Gasteiger partial charge in [0.05, 0.1) is 6.10 Å². The van der Waals surface area contributed by atoms with Crippen LogP contribution in [0.4, 0.5) is 0 Å². The minimum atomic E-state index is -0.349. The fourth-order valence-corrected chi connectivity index (χ4v) is 2.40. The Morgan fingerprint density at radius 2 is 2.50 bits per heavy atom. The molecule has 1 aromatic rings. The smallest absolute Gasteiger partial charge is 0.274 e. The van der Waals surface area contributed by atoms with Crippen LogP contribution in [0, 0.1) is 5.92 Å². The molecule has 0 radical (unpaired) electrons. The molecule has 5 nitrogen and oxygen atoms in total. The number of aliphatic hydroxyl groups is 1. The zero-order chi connectivity index (χ0) is 13.1. The fourth-order valence-electron chi connectivity index (χ4n) is 2.40. The third-order valence-corrected chi connectivity index (χ3v) is 3.56. The van der Waals surface area contributed by atoms with E-state index in [1.807, 2.05) is 6.07 Å². The lowest BCUT2D eigenvalue weighted by atomic mass is 10.0. The molecule has 1 amide bonds. The number of likely N-dealkylation sites (tertiary alicyclic amines) is 1. The molecule has 1 fully saturated rings. The molecule has 0 saturated carbocycles. The summed E-state index contributed by atoms with van der Waals surface area (Å²) < 4.78 is 0. The van der Waals surface area contributed by atoms with Crippen molar-refractivity contribution in [2.45, 2.75) is 39.2 Å². The van der Waals surface area contributed by atoms with Gasteiger partial charge >= 0.3 is 0 Å². The minimum absolute atomic E-state index is 0.0308. The molecule has 2 heterocycles. The maximum absolute atomic E-state index is 12.2. The maximum atomic E-state index is 12.2. The summed E-state index contributed by atoms with van der Waals surface area (Å²) in [6, 6.07) is 1.83. The Labute approximate surface area is 107 Å². The first-order chi connectivity index (χ1) is 8.61. The van der Waals surface area contributed by atoms with E-state index in [1.54, 1.807) is 11.8 Å². The van der Waals surface area contributed by atoms with Crippen molar-refractivity contribution in [3.8, 4) is 0 Å². The number of H-pyrrole nitrogens is 1. The van der Waals surface area contributed by atoms with E-state index in [0.717, 1.165) is 25.0 Å². The third kappa shape index (κ3) is 2.72. The summed E-state index contributed by atoms with van der Waals surface area (Å²) in [7, 11) is 0. The molecule has 2 unspecified atom stereocenters. The van der Waals surface area contributed by atoms with Gasteiger partial charge in [0.2, 0.25) is 0 Å². The Hall–Kier alpha value is -1.36. The van der Waals surface area contributed by atoms with E-state index in [4.69, 9.17) is 0 Å². The topological polar surface area (TPSA) is 69.2 Å². The van der Waals surface area contributed by atoms with E-state index in [0.29, 0.717) is 18.8 Å². The molecule has 1 aliphatic rings. The van der Waals surface area contributed by atoms with E-state index in [9.17, 15) is 9.90 Å². The number of carbonyl (C=O) groups is 1. The summed E-state index contributed by atoms with van der Waals surface area (Å²) in [5, 5.41) is 16.5. The number of hydrogen-bond donors (Lipinski definition) is 2. The van der Waals surface area contributed by atoms with Crippen LogP contribution in [0.5, 0.6) is 0 Å². The average Bonchev–Trinajstić information content (AvgIpc) is 2.97. The van der Waals surface area contributed by atoms with Gasteiger partial charge in [0, 0.05) is 24.7 Å². The zero-order valence-electron chi connectivity index (χ0n) is 11.0. The molecule has 18 heavy (non-hydrogen) atoms. The molecule has 0 aliphatic carbocycles. The third-order valence-electron chi connectivity index (χ3n) is 3.56. The molecular weight excluding hydrogens is 230 g/mol. The maximum Gasteiger partial charge on any atom is 0.274 e. The first kappa shape index (κ1) is 13.1. The number of amides is 1. The molecule has 0 aromatic carbocycles. The van der Waals surface area contributed by atoms with Gasteiger partial charge in [-0.05, 0) is 25.8 Å². The Bertz CT molecular complexity index is 414. The van der Waals surface area contributed by atoms with Crippen LogP contribution in [0.2, 0.25) is 0 Å². The Balaban J connectivity index is 1.99. The quantitative estimate of drug-likeness (QED) is 0.845. The summed E-state index contributed by atoms with van der Waals surface area (Å²) in [4.78, 5) is 14.0. The average molecular weight is 251 g/mol. The van der Waals surface area contributed by atoms with Crippen molar-refractivity contribution < 1.29 is 9.90 Å². The number of aliphatic hydroxyl groups excluding tert-OH is 1. The number of aromatic amines is 1. The Morgan fingerprint density at radius 1 is 1.72 bits per heavy atom. The SMILES string of the molecule is CCCc1cc(C(=O)N2CCC(C(C)O)C2)n[nH]1. The second-order valence-electron chi connectivity index (χ2n) is 5.07. The van der Waals surface area contributed by atoms with Gasteiger partial charge in [0.1, 0.15) is 5.69 Å². The summed E-state index contributed by atoms with van der Waals surface area (Å²) in [5.41, 5.74) is 1.50. The van der Waals surface area contributed by atoms with Gasteiger partial charge in [-0.15, -0.1) is 0 Å². The van der Waals surface area contributed by atoms with Crippen LogP contribution in [0.1, 0.15) is 42.9 Å². The predicted molar refractivity (Wildman–Crippen MR) is 68.3 cm³/mol. The highest BCUT2D eigenvalue weighted by Crippen LogP contribution is 2.21. The van der Waals surface area contributed by atoms with Crippen molar-refractivity contribution in [1.82, 2.24) is 15.1 Å². The van der Waals surface area contributed by atoms with Gasteiger partial charge in [0.25, 0.3) is 5.91 Å². The second kappa shape index (κ2) is 5.52. The Kier molecular flexibility index (Phi) is 4.01. The van der Waals surface area contributed by atoms with Gasteiger partial charge in [-0.1, -0.05) is 13.3 Å². The lowest BCUT2D eigenvalue weighted by Crippen LogP contribution is -2.30. The molecular formula is C13H21N3O2. The number of hydrogen-bond acceptors (Lipinski definition) is 3. The van der Waals surface area contributed by atoms with E-state index in [1.165, 1.54) is 0 Å². The van der Waals surface area contributed by atoms with Crippen LogP contribution in [-0.2, 0) is 6.42 Å². The molecule has 1 aromatic heterocycles. The van der Waals surface area contributed by atoms with Gasteiger partial charge in [-0.25, -0.2) is 0 Å². The molecule has 0 spiro atoms. The van der Waals surface area contributed by atoms with E-state index in [2.05, 4.69) is 17.1 Å². The van der Waals surface area contributed by atoms with Crippen molar-refractivity contribution in [3.63, 3.8) is 0 Å². The molecule has 2 N–H and O–H groups in total. The summed E-state index contributed by atoms with van der Waals surface area (Å²) in [6.45, 7) is 5.22. The summed E-state index contributed by atoms with van der Waals surface area (Å²) >= 11 is 0. The van der Waals surface area contributed by atoms with Crippen LogP contribution >= 0.6 is 0 Å². The lowest BCUT2D eigenvalue weighted by Gasteiger charge is -2.16. The highest BCUT2D eigenvalue weighted by atomic mass is 16.3. The number of rotatable bonds is 4. The number of nitrogens with one attached hydrogen (secondary N) is 1. The predicted octanol–water partition coefficient (Wildman–Crippen LogP) is 1.21. The minimum Gasteiger partial charge on any atom is -0.393 e. The van der Waals surface area contributed by atoms with Crippen molar-refractivity contribution in [3.05, 3.63) is 17.5 Å². The van der Waals surface area contributed by atoms with E-state index < -0.39 is 0 Å². The molecule has 0 bridgehead atoms. The molecule has 2 atom stereocenters. The fraction of sp³-hybridized carbons (Fsp3) is 0.692. The van der Waals surface area contributed by atoms with Crippen LogP contribution in [0.25, 0.3) is 0 Å². The van der Waals surface area contributed by atoms with Gasteiger partial charge in [-0.2, -0.15) is 5.10 Å². The number of aryl methyl sites for hydroxylation is 1. The van der Waals surface area contributed by atoms with Crippen molar-refractivity contribution in [1.29, 1.82) is 0 Å². The molecule has 2 rings (SSSR count). The van der Waals surface area contributed by atoms with Crippen molar-refractivity contribution >= 4 is 5.91 Å². The monoisotopic (exact) mass is 251 g/mol. The number of nitrogens with zero attached hydrogens (tertiary/aromatic N) is 2. The Morgan fingerprint density at radius 3 is 3.11 bits per heavy atom. The second-order valence-corrected chi connectivity index (χ2v) is 5.07. The highest BCUT2D eigenvalue weighted by Gasteiger charge is 2.30. The van der Waals surface area contributed by atoms with E-state index >= 15 is 0 Å². The van der Waals surface area contributed by atoms with Crippen molar-refractivity contribution in [2.75, 3.05) is 13.1 Å². The normalized spacial score (nSPS) is 21.3. The number of carbonyl (C=O) groups excluding carboxylic acids is 1. The largest absolute Gasteiger partial charge is 0.393 e. The van der Waals surface area contributed by atoms with Crippen molar-refractivity contribution in [2.24, 2.45) is 5.92 Å².